The molecule has 1 aromatic heterocycles. The number of hydrogen-bond acceptors (Lipinski definition) is 3. The maximum absolute atomic E-state index is 11.9. The van der Waals surface area contributed by atoms with E-state index in [9.17, 15) is 4.79 Å². The second-order valence-corrected chi connectivity index (χ2v) is 4.81. The maximum atomic E-state index is 11.9. The number of carbonyl (C=O) groups is 1. The fourth-order valence-electron chi connectivity index (χ4n) is 2.10. The number of imidazole rings is 1. The third-order valence-corrected chi connectivity index (χ3v) is 3.22. The van der Waals surface area contributed by atoms with Crippen molar-refractivity contribution in [3.05, 3.63) is 78.2 Å². The van der Waals surface area contributed by atoms with Crippen molar-refractivity contribution in [3.8, 4) is 11.3 Å². The van der Waals surface area contributed by atoms with Gasteiger partial charge in [-0.05, 0) is 5.56 Å². The predicted molar refractivity (Wildman–Crippen MR) is 87.0 cm³/mol. The van der Waals surface area contributed by atoms with Crippen molar-refractivity contribution in [2.24, 2.45) is 4.99 Å². The molecule has 1 N–H and O–H groups in total. The molecule has 2 aromatic carbocycles. The van der Waals surface area contributed by atoms with Crippen molar-refractivity contribution >= 4 is 12.0 Å². The van der Waals surface area contributed by atoms with Crippen molar-refractivity contribution < 1.29 is 4.79 Å². The number of aromatic nitrogens is 2. The van der Waals surface area contributed by atoms with Crippen LogP contribution in [0.2, 0.25) is 0 Å². The first-order valence-corrected chi connectivity index (χ1v) is 7.01. The summed E-state index contributed by atoms with van der Waals surface area (Å²) in [6.45, 7) is 0.353. The summed E-state index contributed by atoms with van der Waals surface area (Å²) in [5.74, 6) is 0.631. The first kappa shape index (κ1) is 13.9. The third kappa shape index (κ3) is 3.35. The Morgan fingerprint density at radius 3 is 2.45 bits per heavy atom. The van der Waals surface area contributed by atoms with Crippen LogP contribution < -0.4 is 0 Å². The highest BCUT2D eigenvalue weighted by Gasteiger charge is 2.03. The smallest absolute Gasteiger partial charge is 0.203 e. The van der Waals surface area contributed by atoms with Crippen LogP contribution in [0, 0.1) is 0 Å². The zero-order valence-electron chi connectivity index (χ0n) is 11.9. The lowest BCUT2D eigenvalue weighted by Crippen LogP contribution is -2.00. The average Bonchev–Trinajstić information content (AvgIpc) is 3.05. The quantitative estimate of drug-likeness (QED) is 0.577. The van der Waals surface area contributed by atoms with Crippen molar-refractivity contribution in [3.63, 3.8) is 0 Å². The average molecular weight is 289 g/mol. The molecular formula is C18H15N3O. The molecule has 4 nitrogen and oxygen atoms in total. The Kier molecular flexibility index (Phi) is 4.20. The van der Waals surface area contributed by atoms with Gasteiger partial charge in [-0.1, -0.05) is 60.7 Å². The summed E-state index contributed by atoms with van der Waals surface area (Å²) in [4.78, 5) is 23.5. The number of H-pyrrole nitrogens is 1. The van der Waals surface area contributed by atoms with Crippen molar-refractivity contribution in [2.45, 2.75) is 6.54 Å². The minimum atomic E-state index is -0.101. The molecule has 0 spiro atoms. The van der Waals surface area contributed by atoms with E-state index in [4.69, 9.17) is 0 Å². The van der Waals surface area contributed by atoms with Crippen molar-refractivity contribution in [1.29, 1.82) is 0 Å². The first-order chi connectivity index (χ1) is 10.8. The van der Waals surface area contributed by atoms with Gasteiger partial charge in [0.25, 0.3) is 0 Å². The number of benzene rings is 2. The lowest BCUT2D eigenvalue weighted by atomic mass is 10.1. The lowest BCUT2D eigenvalue weighted by Gasteiger charge is -1.95. The molecule has 108 valence electrons. The molecular weight excluding hydrogens is 274 g/mol. The molecule has 4 heteroatoms. The molecule has 3 aromatic rings. The number of nitrogens with one attached hydrogen (secondary N) is 1. The largest absolute Gasteiger partial charge is 0.340 e. The van der Waals surface area contributed by atoms with Gasteiger partial charge in [-0.2, -0.15) is 0 Å². The summed E-state index contributed by atoms with van der Waals surface area (Å²) in [5.41, 5.74) is 2.65. The van der Waals surface area contributed by atoms with E-state index >= 15 is 0 Å². The van der Waals surface area contributed by atoms with Gasteiger partial charge in [-0.25, -0.2) is 4.98 Å². The van der Waals surface area contributed by atoms with Crippen LogP contribution >= 0.6 is 0 Å². The zero-order valence-corrected chi connectivity index (χ0v) is 11.9. The van der Waals surface area contributed by atoms with E-state index < -0.39 is 0 Å². The van der Waals surface area contributed by atoms with Gasteiger partial charge in [0.2, 0.25) is 5.78 Å². The molecule has 0 bridgehead atoms. The van der Waals surface area contributed by atoms with E-state index in [1.165, 1.54) is 6.21 Å². The minimum Gasteiger partial charge on any atom is -0.340 e. The Bertz CT molecular complexity index is 776. The van der Waals surface area contributed by atoms with Gasteiger partial charge in [0.05, 0.1) is 24.7 Å². The Labute approximate surface area is 128 Å². The molecule has 0 amide bonds. The normalized spacial score (nSPS) is 10.9. The molecule has 0 saturated heterocycles. The molecule has 0 aliphatic heterocycles. The van der Waals surface area contributed by atoms with E-state index in [0.717, 1.165) is 17.1 Å². The highest BCUT2D eigenvalue weighted by Crippen LogP contribution is 2.16. The van der Waals surface area contributed by atoms with Crippen LogP contribution in [0.1, 0.15) is 16.2 Å². The molecule has 0 unspecified atom stereocenters. The fraction of sp³-hybridized carbons (Fsp3) is 0.0556. The molecule has 1 heterocycles. The van der Waals surface area contributed by atoms with E-state index in [1.807, 2.05) is 48.5 Å². The van der Waals surface area contributed by atoms with E-state index in [0.29, 0.717) is 12.1 Å². The SMILES string of the molecule is O=C(/C=N\Cc1ncc(-c2ccccc2)[nH]1)c1ccccc1. The molecule has 0 radical (unpaired) electrons. The highest BCUT2D eigenvalue weighted by molar-refractivity contribution is 6.35. The molecule has 0 aliphatic rings. The third-order valence-electron chi connectivity index (χ3n) is 3.22. The first-order valence-electron chi connectivity index (χ1n) is 7.01. The maximum Gasteiger partial charge on any atom is 0.203 e. The van der Waals surface area contributed by atoms with Gasteiger partial charge in [-0.3, -0.25) is 9.79 Å². The van der Waals surface area contributed by atoms with Crippen LogP contribution in [0.5, 0.6) is 0 Å². The van der Waals surface area contributed by atoms with E-state index in [1.54, 1.807) is 18.3 Å². The summed E-state index contributed by atoms with van der Waals surface area (Å²) in [7, 11) is 0. The van der Waals surface area contributed by atoms with Crippen molar-refractivity contribution in [2.75, 3.05) is 0 Å². The summed E-state index contributed by atoms with van der Waals surface area (Å²) >= 11 is 0. The Hall–Kier alpha value is -3.01. The summed E-state index contributed by atoms with van der Waals surface area (Å²) < 4.78 is 0. The van der Waals surface area contributed by atoms with Gasteiger partial charge in [0.15, 0.2) is 0 Å². The number of ketones is 1. The number of nitrogens with zero attached hydrogens (tertiary/aromatic N) is 2. The minimum absolute atomic E-state index is 0.101. The molecule has 0 saturated carbocycles. The van der Waals surface area contributed by atoms with E-state index in [-0.39, 0.29) is 5.78 Å². The van der Waals surface area contributed by atoms with Crippen LogP contribution in [0.25, 0.3) is 11.3 Å². The molecule has 22 heavy (non-hydrogen) atoms. The molecule has 0 atom stereocenters. The van der Waals surface area contributed by atoms with Crippen LogP contribution in [-0.2, 0) is 6.54 Å². The van der Waals surface area contributed by atoms with Gasteiger partial charge >= 0.3 is 0 Å². The Balaban J connectivity index is 1.64. The number of aromatic amines is 1. The molecule has 3 rings (SSSR count). The number of Topliss-reactive ketones (excluding diaryl/α,β-unsaturated/α-hetero) is 1. The molecule has 0 aliphatic carbocycles. The number of rotatable bonds is 5. The Morgan fingerprint density at radius 2 is 1.73 bits per heavy atom. The topological polar surface area (TPSA) is 58.1 Å². The summed E-state index contributed by atoms with van der Waals surface area (Å²) in [6, 6.07) is 19.0. The number of aliphatic imine (C=N–C) groups is 1. The monoisotopic (exact) mass is 289 g/mol. The van der Waals surface area contributed by atoms with Gasteiger partial charge < -0.3 is 4.98 Å². The standard InChI is InChI=1S/C18H15N3O/c22-17(15-9-5-2-6-10-15)12-19-13-18-20-11-16(21-18)14-7-3-1-4-8-14/h1-12H,13H2,(H,20,21)/b19-12-. The zero-order chi connectivity index (χ0) is 15.2. The van der Waals surface area contributed by atoms with Crippen LogP contribution in [0.3, 0.4) is 0 Å². The van der Waals surface area contributed by atoms with Crippen molar-refractivity contribution in [1.82, 2.24) is 9.97 Å². The molecule has 0 fully saturated rings. The summed E-state index contributed by atoms with van der Waals surface area (Å²) in [5, 5.41) is 0. The van der Waals surface area contributed by atoms with Crippen LogP contribution in [0.15, 0.2) is 71.9 Å². The van der Waals surface area contributed by atoms with Crippen LogP contribution in [0.4, 0.5) is 0 Å². The second kappa shape index (κ2) is 6.63. The van der Waals surface area contributed by atoms with E-state index in [2.05, 4.69) is 15.0 Å². The van der Waals surface area contributed by atoms with Gasteiger partial charge in [0.1, 0.15) is 5.82 Å². The lowest BCUT2D eigenvalue weighted by molar-refractivity contribution is 0.107. The predicted octanol–water partition coefficient (Wildman–Crippen LogP) is 3.53. The number of carbonyl (C=O) groups excluding carboxylic acids is 1. The highest BCUT2D eigenvalue weighted by atomic mass is 16.1. The van der Waals surface area contributed by atoms with Crippen LogP contribution in [-0.4, -0.2) is 22.0 Å². The van der Waals surface area contributed by atoms with Gasteiger partial charge in [-0.15, -0.1) is 0 Å². The Morgan fingerprint density at radius 1 is 1.05 bits per heavy atom. The second-order valence-electron chi connectivity index (χ2n) is 4.81. The number of hydrogen-bond donors (Lipinski definition) is 1. The van der Waals surface area contributed by atoms with Gasteiger partial charge in [0, 0.05) is 5.56 Å². The summed E-state index contributed by atoms with van der Waals surface area (Å²) in [6.07, 6.45) is 3.12. The fourth-order valence-corrected chi connectivity index (χ4v) is 2.10.